The van der Waals surface area contributed by atoms with Crippen molar-refractivity contribution < 1.29 is 8.42 Å². The van der Waals surface area contributed by atoms with E-state index in [-0.39, 0.29) is 10.8 Å². The zero-order valence-corrected chi connectivity index (χ0v) is 9.69. The Morgan fingerprint density at radius 3 is 2.64 bits per heavy atom. The molecule has 0 atom stereocenters. The van der Waals surface area contributed by atoms with Gasteiger partial charge in [0, 0.05) is 25.5 Å². The zero-order chi connectivity index (χ0) is 10.8. The van der Waals surface area contributed by atoms with Gasteiger partial charge in [-0.3, -0.25) is 0 Å². The first-order chi connectivity index (χ1) is 6.52. The Bertz CT molecular complexity index is 399. The summed E-state index contributed by atoms with van der Waals surface area (Å²) in [6, 6.07) is 1.55. The van der Waals surface area contributed by atoms with Gasteiger partial charge in [0.15, 0.2) is 0 Å². The summed E-state index contributed by atoms with van der Waals surface area (Å²) in [5.41, 5.74) is 0.703. The number of alkyl halides is 1. The molecule has 0 amide bonds. The molecule has 0 aliphatic heterocycles. The van der Waals surface area contributed by atoms with Crippen molar-refractivity contribution >= 4 is 21.6 Å². The number of nitrogens with one attached hydrogen (secondary N) is 1. The molecule has 1 aromatic rings. The van der Waals surface area contributed by atoms with Gasteiger partial charge in [-0.05, 0) is 6.07 Å². The second-order valence-corrected chi connectivity index (χ2v) is 5.23. The lowest BCUT2D eigenvalue weighted by Crippen LogP contribution is -2.26. The molecule has 0 saturated heterocycles. The van der Waals surface area contributed by atoms with Crippen LogP contribution in [0.4, 0.5) is 0 Å². The minimum atomic E-state index is -3.33. The first-order valence-corrected chi connectivity index (χ1v) is 6.19. The summed E-state index contributed by atoms with van der Waals surface area (Å²) in [5.74, 6) is 0.283. The molecule has 14 heavy (non-hydrogen) atoms. The highest BCUT2D eigenvalue weighted by Crippen LogP contribution is 2.15. The molecule has 0 aliphatic carbocycles. The fourth-order valence-corrected chi connectivity index (χ4v) is 2.35. The van der Waals surface area contributed by atoms with Crippen molar-refractivity contribution in [3.05, 3.63) is 18.0 Å². The topological polar surface area (TPSA) is 53.2 Å². The first kappa shape index (κ1) is 11.6. The van der Waals surface area contributed by atoms with Gasteiger partial charge in [-0.2, -0.15) is 0 Å². The molecule has 1 rings (SSSR count). The molecule has 0 radical (unpaired) electrons. The van der Waals surface area contributed by atoms with E-state index < -0.39 is 10.0 Å². The van der Waals surface area contributed by atoms with Crippen LogP contribution in [0, 0.1) is 0 Å². The number of aromatic amines is 1. The fraction of sp³-hybridized carbons (Fsp3) is 0.500. The summed E-state index contributed by atoms with van der Waals surface area (Å²) in [7, 11) is -1.79. The Balaban J connectivity index is 3.04. The number of H-pyrrole nitrogens is 1. The van der Waals surface area contributed by atoms with Crippen molar-refractivity contribution in [2.24, 2.45) is 0 Å². The first-order valence-electron chi connectivity index (χ1n) is 4.22. The Hall–Kier alpha value is -0.520. The Morgan fingerprint density at radius 2 is 2.21 bits per heavy atom. The minimum absolute atomic E-state index is 0.262. The highest BCUT2D eigenvalue weighted by atomic mass is 35.5. The van der Waals surface area contributed by atoms with E-state index >= 15 is 0 Å². The predicted octanol–water partition coefficient (Wildman–Crippen LogP) is 1.39. The van der Waals surface area contributed by atoms with Gasteiger partial charge in [0.1, 0.15) is 0 Å². The summed E-state index contributed by atoms with van der Waals surface area (Å²) in [6.07, 6.45) is 1.46. The largest absolute Gasteiger partial charge is 0.363 e. The molecule has 0 unspecified atom stereocenters. The molecular weight excluding hydrogens is 224 g/mol. The third kappa shape index (κ3) is 2.10. The summed E-state index contributed by atoms with van der Waals surface area (Å²) < 4.78 is 24.8. The SMILES string of the molecule is CCN(C)S(=O)(=O)c1c[nH]c(CCl)c1. The summed E-state index contributed by atoms with van der Waals surface area (Å²) in [5, 5.41) is 0. The van der Waals surface area contributed by atoms with Gasteiger partial charge in [-0.25, -0.2) is 12.7 Å². The number of halogens is 1. The van der Waals surface area contributed by atoms with Crippen LogP contribution in [0.3, 0.4) is 0 Å². The highest BCUT2D eigenvalue weighted by Gasteiger charge is 2.20. The normalized spacial score (nSPS) is 12.3. The van der Waals surface area contributed by atoms with Crippen LogP contribution in [0.1, 0.15) is 12.6 Å². The van der Waals surface area contributed by atoms with E-state index in [2.05, 4.69) is 4.98 Å². The maximum absolute atomic E-state index is 11.8. The van der Waals surface area contributed by atoms with Crippen molar-refractivity contribution in [3.63, 3.8) is 0 Å². The Kier molecular flexibility index (Phi) is 3.58. The number of hydrogen-bond acceptors (Lipinski definition) is 2. The minimum Gasteiger partial charge on any atom is -0.363 e. The Labute approximate surface area is 88.9 Å². The molecule has 0 aliphatic rings. The van der Waals surface area contributed by atoms with Crippen LogP contribution in [0.25, 0.3) is 0 Å². The van der Waals surface area contributed by atoms with Crippen molar-refractivity contribution in [1.82, 2.24) is 9.29 Å². The third-order valence-corrected chi connectivity index (χ3v) is 4.21. The quantitative estimate of drug-likeness (QED) is 0.804. The average molecular weight is 237 g/mol. The molecule has 1 aromatic heterocycles. The van der Waals surface area contributed by atoms with Crippen LogP contribution in [-0.4, -0.2) is 31.3 Å². The second-order valence-electron chi connectivity index (χ2n) is 2.91. The molecule has 0 aromatic carbocycles. The second kappa shape index (κ2) is 4.33. The molecule has 0 fully saturated rings. The van der Waals surface area contributed by atoms with Crippen molar-refractivity contribution in [2.75, 3.05) is 13.6 Å². The molecule has 4 nitrogen and oxygen atoms in total. The van der Waals surface area contributed by atoms with Gasteiger partial charge >= 0.3 is 0 Å². The van der Waals surface area contributed by atoms with Gasteiger partial charge in [0.05, 0.1) is 10.8 Å². The van der Waals surface area contributed by atoms with Crippen LogP contribution in [0.2, 0.25) is 0 Å². The molecule has 0 bridgehead atoms. The number of nitrogens with zero attached hydrogens (tertiary/aromatic N) is 1. The molecule has 80 valence electrons. The molecular formula is C8H13ClN2O2S. The van der Waals surface area contributed by atoms with E-state index in [1.165, 1.54) is 10.5 Å². The fourth-order valence-electron chi connectivity index (χ4n) is 0.995. The van der Waals surface area contributed by atoms with Crippen molar-refractivity contribution in [2.45, 2.75) is 17.7 Å². The summed E-state index contributed by atoms with van der Waals surface area (Å²) in [4.78, 5) is 3.06. The van der Waals surface area contributed by atoms with Gasteiger partial charge in [0.2, 0.25) is 10.0 Å². The number of aromatic nitrogens is 1. The monoisotopic (exact) mass is 236 g/mol. The van der Waals surface area contributed by atoms with E-state index in [9.17, 15) is 8.42 Å². The number of hydrogen-bond donors (Lipinski definition) is 1. The summed E-state index contributed by atoms with van der Waals surface area (Å²) >= 11 is 5.56. The lowest BCUT2D eigenvalue weighted by Gasteiger charge is -2.12. The van der Waals surface area contributed by atoms with Gasteiger partial charge < -0.3 is 4.98 Å². The molecule has 1 N–H and O–H groups in total. The molecule has 0 saturated carbocycles. The molecule has 0 spiro atoms. The third-order valence-electron chi connectivity index (χ3n) is 2.01. The van der Waals surface area contributed by atoms with Gasteiger partial charge in [0.25, 0.3) is 0 Å². The maximum Gasteiger partial charge on any atom is 0.244 e. The lowest BCUT2D eigenvalue weighted by atomic mass is 10.5. The van der Waals surface area contributed by atoms with E-state index in [0.29, 0.717) is 12.2 Å². The van der Waals surface area contributed by atoms with E-state index in [4.69, 9.17) is 11.6 Å². The van der Waals surface area contributed by atoms with E-state index in [1.807, 2.05) is 0 Å². The van der Waals surface area contributed by atoms with Crippen LogP contribution in [0.5, 0.6) is 0 Å². The summed E-state index contributed by atoms with van der Waals surface area (Å²) in [6.45, 7) is 2.23. The zero-order valence-electron chi connectivity index (χ0n) is 8.12. The predicted molar refractivity (Wildman–Crippen MR) is 55.8 cm³/mol. The van der Waals surface area contributed by atoms with Crippen LogP contribution in [0.15, 0.2) is 17.2 Å². The van der Waals surface area contributed by atoms with Crippen molar-refractivity contribution in [1.29, 1.82) is 0 Å². The highest BCUT2D eigenvalue weighted by molar-refractivity contribution is 7.89. The van der Waals surface area contributed by atoms with Gasteiger partial charge in [-0.1, -0.05) is 6.92 Å². The van der Waals surface area contributed by atoms with Crippen molar-refractivity contribution in [3.8, 4) is 0 Å². The lowest BCUT2D eigenvalue weighted by molar-refractivity contribution is 0.486. The van der Waals surface area contributed by atoms with E-state index in [0.717, 1.165) is 0 Å². The molecule has 6 heteroatoms. The maximum atomic E-state index is 11.8. The average Bonchev–Trinajstić information content (AvgIpc) is 2.65. The molecule has 1 heterocycles. The standard InChI is InChI=1S/C8H13ClN2O2S/c1-3-11(2)14(12,13)8-4-7(5-9)10-6-8/h4,6,10H,3,5H2,1-2H3. The van der Waals surface area contributed by atoms with Crippen LogP contribution < -0.4 is 0 Å². The van der Waals surface area contributed by atoms with E-state index in [1.54, 1.807) is 20.0 Å². The Morgan fingerprint density at radius 1 is 1.57 bits per heavy atom. The number of rotatable bonds is 4. The smallest absolute Gasteiger partial charge is 0.244 e. The van der Waals surface area contributed by atoms with Gasteiger partial charge in [-0.15, -0.1) is 11.6 Å². The number of sulfonamides is 1. The van der Waals surface area contributed by atoms with Crippen LogP contribution in [-0.2, 0) is 15.9 Å². The van der Waals surface area contributed by atoms with Crippen LogP contribution >= 0.6 is 11.6 Å².